The van der Waals surface area contributed by atoms with E-state index in [9.17, 15) is 4.79 Å². The molecule has 0 heterocycles. The van der Waals surface area contributed by atoms with Crippen LogP contribution in [0.15, 0.2) is 78.9 Å². The molecule has 0 aliphatic rings. The minimum atomic E-state index is -0.126. The number of para-hydroxylation sites is 2. The summed E-state index contributed by atoms with van der Waals surface area (Å²) in [5, 5.41) is 2.97. The van der Waals surface area contributed by atoms with Gasteiger partial charge in [0.1, 0.15) is 5.75 Å². The van der Waals surface area contributed by atoms with Crippen molar-refractivity contribution in [3.8, 4) is 5.75 Å². The van der Waals surface area contributed by atoms with E-state index < -0.39 is 0 Å². The maximum Gasteiger partial charge on any atom is 0.256 e. The van der Waals surface area contributed by atoms with Gasteiger partial charge in [0, 0.05) is 5.56 Å². The fourth-order valence-electron chi connectivity index (χ4n) is 2.75. The van der Waals surface area contributed by atoms with Gasteiger partial charge in [-0.25, -0.2) is 0 Å². The number of ether oxygens (including phenoxy) is 1. The highest BCUT2D eigenvalue weighted by atomic mass is 16.5. The van der Waals surface area contributed by atoms with Crippen molar-refractivity contribution >= 4 is 11.6 Å². The van der Waals surface area contributed by atoms with Crippen LogP contribution in [0.5, 0.6) is 5.75 Å². The first-order valence-electron chi connectivity index (χ1n) is 8.43. The average molecular weight is 331 g/mol. The SMILES string of the molecule is CCOc1ccccc1NC(=O)c1ccccc1Cc1ccccc1. The van der Waals surface area contributed by atoms with E-state index in [1.807, 2.05) is 73.7 Å². The zero-order chi connectivity index (χ0) is 17.5. The van der Waals surface area contributed by atoms with Gasteiger partial charge in [0.2, 0.25) is 0 Å². The predicted octanol–water partition coefficient (Wildman–Crippen LogP) is 4.93. The summed E-state index contributed by atoms with van der Waals surface area (Å²) in [4.78, 5) is 12.8. The molecule has 0 aliphatic carbocycles. The Morgan fingerprint density at radius 1 is 0.880 bits per heavy atom. The molecule has 0 saturated carbocycles. The predicted molar refractivity (Wildman–Crippen MR) is 101 cm³/mol. The maximum absolute atomic E-state index is 12.8. The molecular weight excluding hydrogens is 310 g/mol. The van der Waals surface area contributed by atoms with Crippen molar-refractivity contribution in [3.05, 3.63) is 95.6 Å². The van der Waals surface area contributed by atoms with E-state index >= 15 is 0 Å². The fourth-order valence-corrected chi connectivity index (χ4v) is 2.75. The zero-order valence-corrected chi connectivity index (χ0v) is 14.2. The molecule has 3 aromatic carbocycles. The molecule has 1 N–H and O–H groups in total. The second-order valence-electron chi connectivity index (χ2n) is 5.70. The lowest BCUT2D eigenvalue weighted by Gasteiger charge is -2.13. The van der Waals surface area contributed by atoms with E-state index in [1.165, 1.54) is 5.56 Å². The number of carbonyl (C=O) groups is 1. The largest absolute Gasteiger partial charge is 0.492 e. The minimum absolute atomic E-state index is 0.126. The van der Waals surface area contributed by atoms with E-state index in [2.05, 4.69) is 17.4 Å². The quantitative estimate of drug-likeness (QED) is 0.695. The normalized spacial score (nSPS) is 10.3. The highest BCUT2D eigenvalue weighted by Gasteiger charge is 2.13. The molecule has 0 atom stereocenters. The van der Waals surface area contributed by atoms with Crippen molar-refractivity contribution in [2.45, 2.75) is 13.3 Å². The molecule has 126 valence electrons. The third-order valence-corrected chi connectivity index (χ3v) is 3.93. The van der Waals surface area contributed by atoms with Crippen LogP contribution in [-0.4, -0.2) is 12.5 Å². The average Bonchev–Trinajstić information content (AvgIpc) is 2.65. The molecule has 0 aromatic heterocycles. The van der Waals surface area contributed by atoms with Crippen LogP contribution in [0.1, 0.15) is 28.4 Å². The molecule has 3 rings (SSSR count). The molecule has 3 nitrogen and oxygen atoms in total. The van der Waals surface area contributed by atoms with Crippen LogP contribution >= 0.6 is 0 Å². The standard InChI is InChI=1S/C22H21NO2/c1-2-25-21-15-9-8-14-20(21)23-22(24)19-13-7-6-12-18(19)16-17-10-4-3-5-11-17/h3-15H,2,16H2,1H3,(H,23,24). The summed E-state index contributed by atoms with van der Waals surface area (Å²) in [5.74, 6) is 0.553. The summed E-state index contributed by atoms with van der Waals surface area (Å²) in [6.45, 7) is 2.48. The molecule has 0 fully saturated rings. The van der Waals surface area contributed by atoms with Crippen LogP contribution in [0.3, 0.4) is 0 Å². The molecular formula is C22H21NO2. The van der Waals surface area contributed by atoms with Gasteiger partial charge in [-0.15, -0.1) is 0 Å². The van der Waals surface area contributed by atoms with Crippen LogP contribution < -0.4 is 10.1 Å². The Labute approximate surface area is 148 Å². The Morgan fingerprint density at radius 3 is 2.36 bits per heavy atom. The first-order chi connectivity index (χ1) is 12.3. The molecule has 0 spiro atoms. The van der Waals surface area contributed by atoms with Crippen molar-refractivity contribution < 1.29 is 9.53 Å². The fraction of sp³-hybridized carbons (Fsp3) is 0.136. The highest BCUT2D eigenvalue weighted by Crippen LogP contribution is 2.25. The van der Waals surface area contributed by atoms with Gasteiger partial charge in [-0.1, -0.05) is 60.7 Å². The van der Waals surface area contributed by atoms with Crippen LogP contribution in [0.25, 0.3) is 0 Å². The monoisotopic (exact) mass is 331 g/mol. The molecule has 0 bridgehead atoms. The summed E-state index contributed by atoms with van der Waals surface area (Å²) in [6.07, 6.45) is 0.720. The Hall–Kier alpha value is -3.07. The number of amides is 1. The minimum Gasteiger partial charge on any atom is -0.492 e. The van der Waals surface area contributed by atoms with E-state index in [4.69, 9.17) is 4.74 Å². The summed E-state index contributed by atoms with van der Waals surface area (Å²) >= 11 is 0. The second kappa shape index (κ2) is 8.15. The number of hydrogen-bond acceptors (Lipinski definition) is 2. The molecule has 0 saturated heterocycles. The number of hydrogen-bond donors (Lipinski definition) is 1. The smallest absolute Gasteiger partial charge is 0.256 e. The van der Waals surface area contributed by atoms with Gasteiger partial charge in [0.25, 0.3) is 5.91 Å². The topological polar surface area (TPSA) is 38.3 Å². The third kappa shape index (κ3) is 4.27. The lowest BCUT2D eigenvalue weighted by atomic mass is 9.99. The van der Waals surface area contributed by atoms with E-state index in [0.29, 0.717) is 23.6 Å². The Balaban J connectivity index is 1.83. The van der Waals surface area contributed by atoms with E-state index in [-0.39, 0.29) is 5.91 Å². The molecule has 3 aromatic rings. The highest BCUT2D eigenvalue weighted by molar-refractivity contribution is 6.06. The number of rotatable bonds is 6. The number of benzene rings is 3. The molecule has 0 unspecified atom stereocenters. The number of anilines is 1. The van der Waals surface area contributed by atoms with E-state index in [0.717, 1.165) is 12.0 Å². The molecule has 3 heteroatoms. The first-order valence-corrected chi connectivity index (χ1v) is 8.43. The van der Waals surface area contributed by atoms with Crippen LogP contribution in [0, 0.1) is 0 Å². The Bertz CT molecular complexity index is 843. The molecule has 0 radical (unpaired) electrons. The zero-order valence-electron chi connectivity index (χ0n) is 14.2. The Kier molecular flexibility index (Phi) is 5.47. The maximum atomic E-state index is 12.8. The van der Waals surface area contributed by atoms with Crippen LogP contribution in [0.4, 0.5) is 5.69 Å². The molecule has 1 amide bonds. The van der Waals surface area contributed by atoms with Crippen molar-refractivity contribution in [1.29, 1.82) is 0 Å². The van der Waals surface area contributed by atoms with Crippen molar-refractivity contribution in [2.75, 3.05) is 11.9 Å². The third-order valence-electron chi connectivity index (χ3n) is 3.93. The van der Waals surface area contributed by atoms with Crippen molar-refractivity contribution in [1.82, 2.24) is 0 Å². The van der Waals surface area contributed by atoms with E-state index in [1.54, 1.807) is 0 Å². The molecule has 0 aliphatic heterocycles. The lowest BCUT2D eigenvalue weighted by molar-refractivity contribution is 0.102. The van der Waals surface area contributed by atoms with Gasteiger partial charge in [0.15, 0.2) is 0 Å². The van der Waals surface area contributed by atoms with Crippen molar-refractivity contribution in [2.24, 2.45) is 0 Å². The van der Waals surface area contributed by atoms with Gasteiger partial charge in [-0.2, -0.15) is 0 Å². The van der Waals surface area contributed by atoms with Gasteiger partial charge < -0.3 is 10.1 Å². The Morgan fingerprint density at radius 2 is 1.56 bits per heavy atom. The second-order valence-corrected chi connectivity index (χ2v) is 5.70. The number of carbonyl (C=O) groups excluding carboxylic acids is 1. The van der Waals surface area contributed by atoms with Crippen LogP contribution in [-0.2, 0) is 6.42 Å². The van der Waals surface area contributed by atoms with Gasteiger partial charge in [0.05, 0.1) is 12.3 Å². The summed E-state index contributed by atoms with van der Waals surface area (Å²) in [5.41, 5.74) is 3.54. The number of nitrogens with one attached hydrogen (secondary N) is 1. The van der Waals surface area contributed by atoms with Gasteiger partial charge >= 0.3 is 0 Å². The summed E-state index contributed by atoms with van der Waals surface area (Å²) in [7, 11) is 0. The molecule has 25 heavy (non-hydrogen) atoms. The summed E-state index contributed by atoms with van der Waals surface area (Å²) < 4.78 is 5.58. The van der Waals surface area contributed by atoms with Crippen molar-refractivity contribution in [3.63, 3.8) is 0 Å². The van der Waals surface area contributed by atoms with Gasteiger partial charge in [-0.3, -0.25) is 4.79 Å². The van der Waals surface area contributed by atoms with Gasteiger partial charge in [-0.05, 0) is 42.7 Å². The lowest BCUT2D eigenvalue weighted by Crippen LogP contribution is -2.15. The van der Waals surface area contributed by atoms with Crippen LogP contribution in [0.2, 0.25) is 0 Å². The first kappa shape index (κ1) is 16.8. The summed E-state index contributed by atoms with van der Waals surface area (Å²) in [6, 6.07) is 25.3.